The number of nitrogens with two attached hydrogens (primary N) is 1. The molecule has 4 heteroatoms. The third-order valence-corrected chi connectivity index (χ3v) is 4.21. The molecular formula is C16H25N3O. The van der Waals surface area contributed by atoms with Gasteiger partial charge in [-0.3, -0.25) is 9.78 Å². The molecule has 1 amide bonds. The van der Waals surface area contributed by atoms with E-state index in [1.54, 1.807) is 0 Å². The SMILES string of the molecule is CC(C)(C)c1cccc(CNC(=O)C2(N)CC2(C)C)n1. The Morgan fingerprint density at radius 3 is 2.50 bits per heavy atom. The standard InChI is InChI=1S/C16H25N3O/c1-14(2,3)12-8-6-7-11(19-12)9-18-13(20)16(17)10-15(16,4)5/h6-8H,9-10,17H2,1-5H3,(H,18,20). The highest BCUT2D eigenvalue weighted by molar-refractivity contribution is 5.90. The molecule has 20 heavy (non-hydrogen) atoms. The van der Waals surface area contributed by atoms with Crippen LogP contribution >= 0.6 is 0 Å². The predicted molar refractivity (Wildman–Crippen MR) is 80.1 cm³/mol. The van der Waals surface area contributed by atoms with Crippen LogP contribution in [0.1, 0.15) is 52.4 Å². The monoisotopic (exact) mass is 275 g/mol. The van der Waals surface area contributed by atoms with Crippen LogP contribution in [-0.2, 0) is 16.8 Å². The van der Waals surface area contributed by atoms with E-state index in [1.165, 1.54) is 0 Å². The number of nitrogens with one attached hydrogen (secondary N) is 1. The first kappa shape index (κ1) is 15.0. The number of amides is 1. The molecule has 3 N–H and O–H groups in total. The Morgan fingerprint density at radius 2 is 2.00 bits per heavy atom. The van der Waals surface area contributed by atoms with Crippen molar-refractivity contribution in [2.45, 2.75) is 58.5 Å². The molecule has 2 rings (SSSR count). The third-order valence-electron chi connectivity index (χ3n) is 4.21. The van der Waals surface area contributed by atoms with Crippen molar-refractivity contribution in [1.82, 2.24) is 10.3 Å². The minimum absolute atomic E-state index is 0.00753. The van der Waals surface area contributed by atoms with Gasteiger partial charge in [-0.05, 0) is 24.0 Å². The number of rotatable bonds is 3. The van der Waals surface area contributed by atoms with Gasteiger partial charge in [-0.15, -0.1) is 0 Å². The van der Waals surface area contributed by atoms with E-state index in [1.807, 2.05) is 32.0 Å². The number of pyridine rings is 1. The van der Waals surface area contributed by atoms with Crippen LogP contribution in [0.5, 0.6) is 0 Å². The number of nitrogens with zero attached hydrogens (tertiary/aromatic N) is 1. The summed E-state index contributed by atoms with van der Waals surface area (Å²) in [6, 6.07) is 5.92. The minimum atomic E-state index is -0.714. The molecule has 0 aliphatic heterocycles. The predicted octanol–water partition coefficient (Wildman–Crippen LogP) is 2.12. The van der Waals surface area contributed by atoms with Gasteiger partial charge in [-0.1, -0.05) is 40.7 Å². The molecule has 0 aromatic carbocycles. The Kier molecular flexibility index (Phi) is 3.41. The molecule has 0 radical (unpaired) electrons. The van der Waals surface area contributed by atoms with Gasteiger partial charge in [0.1, 0.15) is 5.54 Å². The maximum absolute atomic E-state index is 12.1. The summed E-state index contributed by atoms with van der Waals surface area (Å²) in [5.41, 5.74) is 7.19. The lowest BCUT2D eigenvalue weighted by atomic mass is 9.91. The Labute approximate surface area is 121 Å². The van der Waals surface area contributed by atoms with Crippen molar-refractivity contribution >= 4 is 5.91 Å². The number of hydrogen-bond acceptors (Lipinski definition) is 3. The van der Waals surface area contributed by atoms with Gasteiger partial charge in [-0.25, -0.2) is 0 Å². The first-order valence-corrected chi connectivity index (χ1v) is 7.10. The molecule has 1 saturated carbocycles. The Hall–Kier alpha value is -1.42. The number of hydrogen-bond donors (Lipinski definition) is 2. The average molecular weight is 275 g/mol. The van der Waals surface area contributed by atoms with E-state index in [4.69, 9.17) is 5.73 Å². The quantitative estimate of drug-likeness (QED) is 0.888. The van der Waals surface area contributed by atoms with Crippen LogP contribution in [0, 0.1) is 5.41 Å². The summed E-state index contributed by atoms with van der Waals surface area (Å²) >= 11 is 0. The van der Waals surface area contributed by atoms with E-state index in [0.29, 0.717) is 6.54 Å². The van der Waals surface area contributed by atoms with Gasteiger partial charge in [0.25, 0.3) is 0 Å². The van der Waals surface area contributed by atoms with Gasteiger partial charge in [0.2, 0.25) is 5.91 Å². The molecule has 1 aliphatic carbocycles. The van der Waals surface area contributed by atoms with E-state index in [9.17, 15) is 4.79 Å². The summed E-state index contributed by atoms with van der Waals surface area (Å²) in [4.78, 5) is 16.7. The molecule has 110 valence electrons. The lowest BCUT2D eigenvalue weighted by Crippen LogP contribution is -2.45. The number of carbonyl (C=O) groups excluding carboxylic acids is 1. The van der Waals surface area contributed by atoms with Crippen LogP contribution < -0.4 is 11.1 Å². The van der Waals surface area contributed by atoms with Crippen LogP contribution in [0.15, 0.2) is 18.2 Å². The summed E-state index contributed by atoms with van der Waals surface area (Å²) in [5.74, 6) is -0.0783. The molecule has 1 aromatic rings. The van der Waals surface area contributed by atoms with Crippen LogP contribution in [0.3, 0.4) is 0 Å². The van der Waals surface area contributed by atoms with E-state index in [-0.39, 0.29) is 16.7 Å². The minimum Gasteiger partial charge on any atom is -0.349 e. The molecule has 1 unspecified atom stereocenters. The highest BCUT2D eigenvalue weighted by Crippen LogP contribution is 2.53. The van der Waals surface area contributed by atoms with E-state index < -0.39 is 5.54 Å². The molecule has 4 nitrogen and oxygen atoms in total. The van der Waals surface area contributed by atoms with Crippen LogP contribution in [0.4, 0.5) is 0 Å². The smallest absolute Gasteiger partial charge is 0.240 e. The molecule has 0 spiro atoms. The van der Waals surface area contributed by atoms with Gasteiger partial charge >= 0.3 is 0 Å². The molecule has 1 fully saturated rings. The van der Waals surface area contributed by atoms with Crippen molar-refractivity contribution in [2.24, 2.45) is 11.1 Å². The molecule has 1 heterocycles. The molecule has 0 bridgehead atoms. The summed E-state index contributed by atoms with van der Waals surface area (Å²) in [6.07, 6.45) is 0.737. The second-order valence-corrected chi connectivity index (χ2v) is 7.48. The highest BCUT2D eigenvalue weighted by atomic mass is 16.2. The summed E-state index contributed by atoms with van der Waals surface area (Å²) in [7, 11) is 0. The first-order chi connectivity index (χ1) is 9.06. The maximum atomic E-state index is 12.1. The topological polar surface area (TPSA) is 68.0 Å². The van der Waals surface area contributed by atoms with E-state index in [0.717, 1.165) is 17.8 Å². The lowest BCUT2D eigenvalue weighted by molar-refractivity contribution is -0.124. The Bertz CT molecular complexity index is 531. The molecule has 1 aliphatic rings. The fourth-order valence-electron chi connectivity index (χ4n) is 2.36. The largest absolute Gasteiger partial charge is 0.349 e. The van der Waals surface area contributed by atoms with Crippen LogP contribution in [0.2, 0.25) is 0 Å². The third kappa shape index (κ3) is 2.70. The van der Waals surface area contributed by atoms with Gasteiger partial charge in [-0.2, -0.15) is 0 Å². The van der Waals surface area contributed by atoms with Crippen molar-refractivity contribution in [2.75, 3.05) is 0 Å². The van der Waals surface area contributed by atoms with E-state index >= 15 is 0 Å². The zero-order valence-electron chi connectivity index (χ0n) is 13.1. The Morgan fingerprint density at radius 1 is 1.40 bits per heavy atom. The van der Waals surface area contributed by atoms with Crippen LogP contribution in [-0.4, -0.2) is 16.4 Å². The fraction of sp³-hybridized carbons (Fsp3) is 0.625. The molecule has 1 aromatic heterocycles. The highest BCUT2D eigenvalue weighted by Gasteiger charge is 2.63. The number of carbonyl (C=O) groups is 1. The molecule has 1 atom stereocenters. The first-order valence-electron chi connectivity index (χ1n) is 7.10. The van der Waals surface area contributed by atoms with Crippen molar-refractivity contribution in [3.8, 4) is 0 Å². The maximum Gasteiger partial charge on any atom is 0.240 e. The number of aromatic nitrogens is 1. The average Bonchev–Trinajstić information content (AvgIpc) is 2.86. The van der Waals surface area contributed by atoms with Gasteiger partial charge in [0, 0.05) is 11.1 Å². The van der Waals surface area contributed by atoms with Gasteiger partial charge in [0.15, 0.2) is 0 Å². The second-order valence-electron chi connectivity index (χ2n) is 7.48. The zero-order chi connectivity index (χ0) is 15.2. The molecular weight excluding hydrogens is 250 g/mol. The summed E-state index contributed by atoms with van der Waals surface area (Å²) in [5, 5.41) is 2.91. The van der Waals surface area contributed by atoms with Gasteiger partial charge in [0.05, 0.1) is 12.2 Å². The second kappa shape index (κ2) is 4.55. The van der Waals surface area contributed by atoms with Crippen molar-refractivity contribution in [1.29, 1.82) is 0 Å². The van der Waals surface area contributed by atoms with Crippen molar-refractivity contribution in [3.63, 3.8) is 0 Å². The normalized spacial score (nSPS) is 24.3. The zero-order valence-corrected chi connectivity index (χ0v) is 13.1. The van der Waals surface area contributed by atoms with Gasteiger partial charge < -0.3 is 11.1 Å². The van der Waals surface area contributed by atoms with E-state index in [2.05, 4.69) is 31.1 Å². The van der Waals surface area contributed by atoms with Crippen molar-refractivity contribution < 1.29 is 4.79 Å². The van der Waals surface area contributed by atoms with Crippen molar-refractivity contribution in [3.05, 3.63) is 29.6 Å². The Balaban J connectivity index is 2.00. The summed E-state index contributed by atoms with van der Waals surface area (Å²) < 4.78 is 0. The molecule has 0 saturated heterocycles. The lowest BCUT2D eigenvalue weighted by Gasteiger charge is -2.19. The summed E-state index contributed by atoms with van der Waals surface area (Å²) in [6.45, 7) is 10.8. The fourth-order valence-corrected chi connectivity index (χ4v) is 2.36. The van der Waals surface area contributed by atoms with Crippen LogP contribution in [0.25, 0.3) is 0 Å².